The van der Waals surface area contributed by atoms with Crippen LogP contribution in [-0.2, 0) is 16.0 Å². The zero-order valence-corrected chi connectivity index (χ0v) is 13.1. The maximum Gasteiger partial charge on any atom is 0.348 e. The molecule has 0 unspecified atom stereocenters. The quantitative estimate of drug-likeness (QED) is 0.857. The molecule has 1 N–H and O–H groups in total. The molecule has 2 rings (SSSR count). The first-order chi connectivity index (χ1) is 10.5. The van der Waals surface area contributed by atoms with Gasteiger partial charge in [0.05, 0.1) is 0 Å². The predicted molar refractivity (Wildman–Crippen MR) is 83.7 cm³/mol. The first-order valence-corrected chi connectivity index (χ1v) is 7.63. The van der Waals surface area contributed by atoms with E-state index >= 15 is 0 Å². The van der Waals surface area contributed by atoms with Crippen molar-refractivity contribution in [3.63, 3.8) is 0 Å². The number of carbonyl (C=O) groups excluding carboxylic acids is 2. The summed E-state index contributed by atoms with van der Waals surface area (Å²) in [6.45, 7) is 3.58. The first-order valence-electron chi connectivity index (χ1n) is 6.81. The number of rotatable bonds is 5. The van der Waals surface area contributed by atoms with Gasteiger partial charge in [-0.25, -0.2) is 9.18 Å². The summed E-state index contributed by atoms with van der Waals surface area (Å²) in [5.41, 5.74) is 1.55. The number of aryl methyl sites for hydroxylation is 2. The van der Waals surface area contributed by atoms with Gasteiger partial charge in [0.25, 0.3) is 5.91 Å². The summed E-state index contributed by atoms with van der Waals surface area (Å²) in [5, 5.41) is 2.52. The molecule has 1 heterocycles. The number of anilines is 1. The second-order valence-electron chi connectivity index (χ2n) is 4.68. The van der Waals surface area contributed by atoms with Crippen molar-refractivity contribution in [1.82, 2.24) is 0 Å². The summed E-state index contributed by atoms with van der Waals surface area (Å²) in [4.78, 5) is 25.1. The molecule has 1 amide bonds. The van der Waals surface area contributed by atoms with E-state index in [1.54, 1.807) is 6.07 Å². The molecule has 116 valence electrons. The second kappa shape index (κ2) is 7.17. The van der Waals surface area contributed by atoms with Crippen LogP contribution >= 0.6 is 11.3 Å². The Morgan fingerprint density at radius 3 is 2.55 bits per heavy atom. The summed E-state index contributed by atoms with van der Waals surface area (Å²) >= 11 is 1.36. The first kappa shape index (κ1) is 16.2. The van der Waals surface area contributed by atoms with E-state index < -0.39 is 11.9 Å². The van der Waals surface area contributed by atoms with Gasteiger partial charge in [0, 0.05) is 10.6 Å². The van der Waals surface area contributed by atoms with Crippen molar-refractivity contribution in [2.24, 2.45) is 0 Å². The van der Waals surface area contributed by atoms with Crippen LogP contribution in [0.25, 0.3) is 0 Å². The van der Waals surface area contributed by atoms with Crippen molar-refractivity contribution >= 4 is 28.9 Å². The number of amides is 1. The molecular weight excluding hydrogens is 305 g/mol. The summed E-state index contributed by atoms with van der Waals surface area (Å²) in [7, 11) is 0. The lowest BCUT2D eigenvalue weighted by molar-refractivity contribution is -0.119. The van der Waals surface area contributed by atoms with Crippen LogP contribution in [0.15, 0.2) is 30.3 Å². The number of benzene rings is 1. The number of hydrogen-bond acceptors (Lipinski definition) is 4. The maximum absolute atomic E-state index is 12.7. The number of carbonyl (C=O) groups is 2. The number of hydrogen-bond donors (Lipinski definition) is 1. The van der Waals surface area contributed by atoms with Gasteiger partial charge in [0.1, 0.15) is 10.7 Å². The molecular formula is C16H16FNO3S. The minimum absolute atomic E-state index is 0.380. The third kappa shape index (κ3) is 4.14. The molecule has 1 aromatic heterocycles. The van der Waals surface area contributed by atoms with Gasteiger partial charge in [-0.2, -0.15) is 0 Å². The molecule has 0 aliphatic heterocycles. The van der Waals surface area contributed by atoms with Crippen LogP contribution in [0.4, 0.5) is 10.1 Å². The zero-order valence-electron chi connectivity index (χ0n) is 12.3. The van der Waals surface area contributed by atoms with Crippen LogP contribution in [0, 0.1) is 12.7 Å². The lowest BCUT2D eigenvalue weighted by Gasteiger charge is -2.05. The van der Waals surface area contributed by atoms with Crippen molar-refractivity contribution in [2.45, 2.75) is 20.3 Å². The smallest absolute Gasteiger partial charge is 0.348 e. The lowest BCUT2D eigenvalue weighted by atomic mass is 10.2. The normalized spacial score (nSPS) is 10.3. The molecule has 22 heavy (non-hydrogen) atoms. The maximum atomic E-state index is 12.7. The highest BCUT2D eigenvalue weighted by Crippen LogP contribution is 2.22. The fourth-order valence-electron chi connectivity index (χ4n) is 1.90. The molecule has 0 bridgehead atoms. The van der Waals surface area contributed by atoms with Gasteiger partial charge >= 0.3 is 5.97 Å². The van der Waals surface area contributed by atoms with Crippen LogP contribution in [0.1, 0.15) is 27.0 Å². The fourth-order valence-corrected chi connectivity index (χ4v) is 2.91. The van der Waals surface area contributed by atoms with Gasteiger partial charge in [-0.3, -0.25) is 4.79 Å². The van der Waals surface area contributed by atoms with Crippen LogP contribution < -0.4 is 5.32 Å². The Morgan fingerprint density at radius 2 is 1.95 bits per heavy atom. The van der Waals surface area contributed by atoms with E-state index in [1.165, 1.54) is 35.6 Å². The number of ether oxygens (including phenoxy) is 1. The molecule has 0 atom stereocenters. The Bertz CT molecular complexity index is 679. The van der Waals surface area contributed by atoms with Crippen LogP contribution in [0.3, 0.4) is 0 Å². The Balaban J connectivity index is 1.87. The Hall–Kier alpha value is -2.21. The monoisotopic (exact) mass is 321 g/mol. The van der Waals surface area contributed by atoms with Gasteiger partial charge in [0.15, 0.2) is 6.61 Å². The molecule has 2 aromatic rings. The molecule has 0 spiro atoms. The van der Waals surface area contributed by atoms with E-state index in [9.17, 15) is 14.0 Å². The fraction of sp³-hybridized carbons (Fsp3) is 0.250. The van der Waals surface area contributed by atoms with E-state index in [4.69, 9.17) is 4.74 Å². The van der Waals surface area contributed by atoms with Crippen molar-refractivity contribution in [2.75, 3.05) is 11.9 Å². The van der Waals surface area contributed by atoms with Crippen LogP contribution in [0.5, 0.6) is 0 Å². The molecule has 0 saturated heterocycles. The van der Waals surface area contributed by atoms with E-state index in [-0.39, 0.29) is 12.4 Å². The van der Waals surface area contributed by atoms with E-state index in [2.05, 4.69) is 5.32 Å². The van der Waals surface area contributed by atoms with Gasteiger partial charge < -0.3 is 10.1 Å². The average Bonchev–Trinajstić information content (AvgIpc) is 2.88. The number of halogens is 1. The largest absolute Gasteiger partial charge is 0.451 e. The van der Waals surface area contributed by atoms with Crippen molar-refractivity contribution < 1.29 is 18.7 Å². The van der Waals surface area contributed by atoms with E-state index in [0.29, 0.717) is 10.6 Å². The third-order valence-corrected chi connectivity index (χ3v) is 4.14. The van der Waals surface area contributed by atoms with Crippen molar-refractivity contribution in [3.8, 4) is 0 Å². The van der Waals surface area contributed by atoms with Gasteiger partial charge in [-0.05, 0) is 49.2 Å². The number of esters is 1. The molecule has 4 nitrogen and oxygen atoms in total. The molecule has 0 fully saturated rings. The highest BCUT2D eigenvalue weighted by atomic mass is 32.1. The lowest BCUT2D eigenvalue weighted by Crippen LogP contribution is -2.20. The average molecular weight is 321 g/mol. The molecule has 1 aromatic carbocycles. The molecule has 0 aliphatic carbocycles. The highest BCUT2D eigenvalue weighted by molar-refractivity contribution is 7.14. The SMILES string of the molecule is CCc1cc(C(=O)OCC(=O)Nc2ccc(F)cc2)sc1C. The summed E-state index contributed by atoms with van der Waals surface area (Å²) in [6, 6.07) is 7.14. The van der Waals surface area contributed by atoms with Crippen molar-refractivity contribution in [3.05, 3.63) is 51.5 Å². The topological polar surface area (TPSA) is 55.4 Å². The third-order valence-electron chi connectivity index (χ3n) is 3.07. The summed E-state index contributed by atoms with van der Waals surface area (Å²) in [5.74, 6) is -1.37. The van der Waals surface area contributed by atoms with Crippen LogP contribution in [0.2, 0.25) is 0 Å². The number of nitrogens with one attached hydrogen (secondary N) is 1. The van der Waals surface area contributed by atoms with E-state index in [1.807, 2.05) is 13.8 Å². The second-order valence-corrected chi connectivity index (χ2v) is 5.93. The minimum atomic E-state index is -0.512. The Labute approximate surface area is 131 Å². The number of thiophene rings is 1. The molecule has 6 heteroatoms. The van der Waals surface area contributed by atoms with Crippen LogP contribution in [-0.4, -0.2) is 18.5 Å². The minimum Gasteiger partial charge on any atom is -0.451 e. The summed E-state index contributed by atoms with van der Waals surface area (Å²) in [6.07, 6.45) is 0.848. The van der Waals surface area contributed by atoms with Crippen molar-refractivity contribution in [1.29, 1.82) is 0 Å². The van der Waals surface area contributed by atoms with Gasteiger partial charge in [-0.1, -0.05) is 6.92 Å². The van der Waals surface area contributed by atoms with Gasteiger partial charge in [0.2, 0.25) is 0 Å². The highest BCUT2D eigenvalue weighted by Gasteiger charge is 2.14. The molecule has 0 saturated carbocycles. The van der Waals surface area contributed by atoms with E-state index in [0.717, 1.165) is 16.9 Å². The van der Waals surface area contributed by atoms with Gasteiger partial charge in [-0.15, -0.1) is 11.3 Å². The summed E-state index contributed by atoms with van der Waals surface area (Å²) < 4.78 is 17.7. The molecule has 0 radical (unpaired) electrons. The Morgan fingerprint density at radius 1 is 1.27 bits per heavy atom. The Kier molecular flexibility index (Phi) is 5.27. The zero-order chi connectivity index (χ0) is 16.1. The predicted octanol–water partition coefficient (Wildman–Crippen LogP) is 3.55. The molecule has 0 aliphatic rings. The standard InChI is InChI=1S/C16H16FNO3S/c1-3-11-8-14(22-10(11)2)16(20)21-9-15(19)18-13-6-4-12(17)5-7-13/h4-8H,3,9H2,1-2H3,(H,18,19).